The first kappa shape index (κ1) is 25.8. The van der Waals surface area contributed by atoms with Crippen LogP contribution in [0.15, 0.2) is 76.5 Å². The van der Waals surface area contributed by atoms with E-state index in [9.17, 15) is 4.79 Å². The van der Waals surface area contributed by atoms with Gasteiger partial charge < -0.3 is 4.74 Å². The summed E-state index contributed by atoms with van der Waals surface area (Å²) in [5.41, 5.74) is 36.2. The zero-order chi connectivity index (χ0) is 34.3. The van der Waals surface area contributed by atoms with Gasteiger partial charge >= 0.3 is 5.97 Å². The van der Waals surface area contributed by atoms with E-state index in [1.54, 1.807) is 101 Å². The average Bonchev–Trinajstić information content (AvgIpc) is 3.92. The number of ether oxygens (including phenoxy) is 1. The van der Waals surface area contributed by atoms with Crippen LogP contribution in [-0.4, -0.2) is 13.1 Å². The van der Waals surface area contributed by atoms with Gasteiger partial charge in [0.15, 0.2) is 0 Å². The second-order valence-electron chi connectivity index (χ2n) is 18.7. The van der Waals surface area contributed by atoms with Gasteiger partial charge in [0.05, 0.1) is 7.11 Å². The standard InChI is InChI=1S/C51H28O2S/c1-53-31(52)5-2-14-49(30-4-3-15-54-30)50-45-26-12-10-24-22-8-6-19-17-29-34(22)41(38(24)45)47-43-37(29)36-28(19)18-21-16-20-7-9-23-25-11-13-27(26)46(50)39(25)42-35(23)32(20)40(33(21)36)44(43)48(42)51(47,49)50/h3-4,6-10,12,15-17,22-23,34-35,39,46H,2,5,14,18H2,1H3. The highest BCUT2D eigenvalue weighted by Crippen LogP contribution is 3.02. The summed E-state index contributed by atoms with van der Waals surface area (Å²) in [4.78, 5) is 14.5. The van der Waals surface area contributed by atoms with Gasteiger partial charge in [0.2, 0.25) is 0 Å². The Labute approximate surface area is 314 Å². The Kier molecular flexibility index (Phi) is 3.37. The van der Waals surface area contributed by atoms with Crippen molar-refractivity contribution in [3.63, 3.8) is 0 Å². The normalized spacial score (nSPS) is 36.7. The number of methoxy groups -OCH3 is 1. The van der Waals surface area contributed by atoms with Crippen molar-refractivity contribution in [2.24, 2.45) is 23.2 Å². The number of hydrogen-bond donors (Lipinski definition) is 0. The van der Waals surface area contributed by atoms with Gasteiger partial charge in [0, 0.05) is 68.6 Å². The fraction of sp³-hybridized carbons (Fsp3) is 0.275. The van der Waals surface area contributed by atoms with Crippen LogP contribution in [0, 0.1) is 23.2 Å². The highest BCUT2D eigenvalue weighted by molar-refractivity contribution is 7.10. The van der Waals surface area contributed by atoms with Gasteiger partial charge in [-0.05, 0) is 147 Å². The van der Waals surface area contributed by atoms with Crippen molar-refractivity contribution in [2.45, 2.75) is 54.3 Å². The second kappa shape index (κ2) is 7.07. The predicted molar refractivity (Wildman–Crippen MR) is 211 cm³/mol. The molecule has 0 radical (unpaired) electrons. The zero-order valence-electron chi connectivity index (χ0n) is 29.4. The highest BCUT2D eigenvalue weighted by atomic mass is 32.1. The van der Waals surface area contributed by atoms with Crippen LogP contribution in [0.25, 0.3) is 56.0 Å². The summed E-state index contributed by atoms with van der Waals surface area (Å²) < 4.78 is 5.33. The second-order valence-corrected chi connectivity index (χ2v) is 19.7. The van der Waals surface area contributed by atoms with E-state index in [1.807, 2.05) is 11.3 Å². The van der Waals surface area contributed by atoms with Crippen molar-refractivity contribution < 1.29 is 9.53 Å². The molecule has 1 aromatic heterocycles. The van der Waals surface area contributed by atoms with E-state index in [0.717, 1.165) is 19.3 Å². The van der Waals surface area contributed by atoms with E-state index in [-0.39, 0.29) is 22.2 Å². The molecule has 0 amide bonds. The number of allylic oxidation sites excluding steroid dienone is 8. The van der Waals surface area contributed by atoms with Gasteiger partial charge in [-0.3, -0.25) is 4.79 Å². The molecule has 3 heteroatoms. The highest BCUT2D eigenvalue weighted by Gasteiger charge is 2.99. The maximum Gasteiger partial charge on any atom is 0.305 e. The van der Waals surface area contributed by atoms with Gasteiger partial charge in [-0.2, -0.15) is 0 Å². The summed E-state index contributed by atoms with van der Waals surface area (Å²) in [6.07, 6.45) is 13.5. The summed E-state index contributed by atoms with van der Waals surface area (Å²) in [7, 11) is 1.55. The summed E-state index contributed by atoms with van der Waals surface area (Å²) in [5.74, 6) is 1.96. The van der Waals surface area contributed by atoms with E-state index in [4.69, 9.17) is 4.74 Å². The van der Waals surface area contributed by atoms with Crippen molar-refractivity contribution in [3.05, 3.63) is 148 Å². The molecule has 13 aliphatic carbocycles. The van der Waals surface area contributed by atoms with Crippen LogP contribution >= 0.6 is 11.3 Å². The third-order valence-electron chi connectivity index (χ3n) is 18.1. The molecule has 5 aromatic rings. The van der Waals surface area contributed by atoms with Crippen LogP contribution in [-0.2, 0) is 26.8 Å². The Bertz CT molecular complexity index is 3340. The van der Waals surface area contributed by atoms with Gasteiger partial charge in [-0.15, -0.1) is 11.3 Å². The fourth-order valence-corrected chi connectivity index (χ4v) is 18.6. The molecular formula is C51H28O2S. The average molecular weight is 705 g/mol. The van der Waals surface area contributed by atoms with Crippen molar-refractivity contribution in [3.8, 4) is 0 Å². The topological polar surface area (TPSA) is 26.3 Å². The number of benzene rings is 4. The largest absolute Gasteiger partial charge is 0.469 e. The molecule has 250 valence electrons. The van der Waals surface area contributed by atoms with Crippen LogP contribution in [0.1, 0.15) is 109 Å². The van der Waals surface area contributed by atoms with E-state index in [2.05, 4.69) is 77.5 Å². The lowest BCUT2D eigenvalue weighted by atomic mass is 9.57. The quantitative estimate of drug-likeness (QED) is 0.101. The molecular weight excluding hydrogens is 677 g/mol. The van der Waals surface area contributed by atoms with E-state index < -0.39 is 0 Å². The molecule has 2 saturated carbocycles. The van der Waals surface area contributed by atoms with Crippen molar-refractivity contribution in [1.29, 1.82) is 0 Å². The number of carbonyl (C=O) groups excluding carboxylic acids is 1. The monoisotopic (exact) mass is 704 g/mol. The minimum absolute atomic E-state index is 0.0855. The molecule has 0 saturated heterocycles. The number of hydrogen-bond acceptors (Lipinski definition) is 3. The van der Waals surface area contributed by atoms with Crippen LogP contribution in [0.3, 0.4) is 0 Å². The number of fused-ring (bicyclic) bond motifs is 5. The molecule has 9 atom stereocenters. The summed E-state index contributed by atoms with van der Waals surface area (Å²) in [5, 5.41) is 8.76. The van der Waals surface area contributed by atoms with Crippen LogP contribution in [0.2, 0.25) is 0 Å². The molecule has 18 rings (SSSR count). The zero-order valence-corrected chi connectivity index (χ0v) is 30.2. The third-order valence-corrected chi connectivity index (χ3v) is 19.1. The first-order valence-corrected chi connectivity index (χ1v) is 21.1. The molecule has 2 bridgehead atoms. The molecule has 2 fully saturated rings. The molecule has 2 nitrogen and oxygen atoms in total. The van der Waals surface area contributed by atoms with E-state index >= 15 is 0 Å². The van der Waals surface area contributed by atoms with Crippen molar-refractivity contribution >= 4 is 73.3 Å². The number of esters is 1. The van der Waals surface area contributed by atoms with Crippen LogP contribution < -0.4 is 0 Å². The maximum atomic E-state index is 13.0. The summed E-state index contributed by atoms with van der Waals surface area (Å²) in [6.45, 7) is 0. The first-order chi connectivity index (χ1) is 26.7. The summed E-state index contributed by atoms with van der Waals surface area (Å²) >= 11 is 1.99. The lowest BCUT2D eigenvalue weighted by molar-refractivity contribution is -0.140. The van der Waals surface area contributed by atoms with Gasteiger partial charge in [-0.1, -0.05) is 66.1 Å². The molecule has 0 N–H and O–H groups in total. The molecule has 9 unspecified atom stereocenters. The molecule has 1 heterocycles. The van der Waals surface area contributed by atoms with Crippen LogP contribution in [0.5, 0.6) is 0 Å². The minimum Gasteiger partial charge on any atom is -0.469 e. The Morgan fingerprint density at radius 3 is 2.72 bits per heavy atom. The molecule has 4 aromatic carbocycles. The number of thiophene rings is 1. The van der Waals surface area contributed by atoms with Gasteiger partial charge in [-0.25, -0.2) is 0 Å². The van der Waals surface area contributed by atoms with Gasteiger partial charge in [0.1, 0.15) is 0 Å². The van der Waals surface area contributed by atoms with E-state index in [1.165, 1.54) is 32.7 Å². The Morgan fingerprint density at radius 2 is 1.81 bits per heavy atom. The Balaban J connectivity index is 1.17. The lowest BCUT2D eigenvalue weighted by Gasteiger charge is -2.44. The van der Waals surface area contributed by atoms with Gasteiger partial charge in [0.25, 0.3) is 0 Å². The SMILES string of the molecule is COC(=O)CCCC1(c2cccs2)C23C4=C5C6C7=C=C=C8c9ccc%10c(c9C21C86)C1=C3c2c4c3c4c(cc6c3c3c(c8cc(c23)C1C%10C=C8)C6)C=CC7C54. The molecule has 0 aliphatic heterocycles. The third kappa shape index (κ3) is 1.86. The molecule has 2 spiro atoms. The number of rotatable bonds is 5. The Morgan fingerprint density at radius 1 is 0.907 bits per heavy atom. The van der Waals surface area contributed by atoms with Crippen LogP contribution in [0.4, 0.5) is 0 Å². The minimum atomic E-state index is -0.173. The Hall–Kier alpha value is -5.17. The predicted octanol–water partition coefficient (Wildman–Crippen LogP) is 10.5. The first-order valence-electron chi connectivity index (χ1n) is 20.2. The molecule has 54 heavy (non-hydrogen) atoms. The maximum absolute atomic E-state index is 13.0. The molecule has 13 aliphatic rings. The van der Waals surface area contributed by atoms with Crippen molar-refractivity contribution in [1.82, 2.24) is 0 Å². The van der Waals surface area contributed by atoms with E-state index in [0.29, 0.717) is 41.9 Å². The summed E-state index contributed by atoms with van der Waals surface area (Å²) in [6, 6.07) is 15.2. The van der Waals surface area contributed by atoms with Crippen molar-refractivity contribution in [2.75, 3.05) is 7.11 Å². The smallest absolute Gasteiger partial charge is 0.305 e. The number of carbonyl (C=O) groups is 1. The fourth-order valence-electron chi connectivity index (χ4n) is 17.5. The lowest BCUT2D eigenvalue weighted by Crippen LogP contribution is -2.38.